The number of aryl methyl sites for hydroxylation is 1. The molecular formula is C16H25N3O2. The van der Waals surface area contributed by atoms with Crippen LogP contribution in [-0.2, 0) is 17.8 Å². The molecule has 1 fully saturated rings. The molecule has 3 rings (SSSR count). The lowest BCUT2D eigenvalue weighted by Gasteiger charge is -2.33. The van der Waals surface area contributed by atoms with Gasteiger partial charge in [-0.05, 0) is 46.2 Å². The third-order valence-electron chi connectivity index (χ3n) is 5.05. The largest absolute Gasteiger partial charge is 0.481 e. The van der Waals surface area contributed by atoms with Gasteiger partial charge in [0.15, 0.2) is 0 Å². The first-order valence-electron chi connectivity index (χ1n) is 8.07. The summed E-state index contributed by atoms with van der Waals surface area (Å²) in [6.07, 6.45) is 5.81. The summed E-state index contributed by atoms with van der Waals surface area (Å²) in [5, 5.41) is 9.16. The Morgan fingerprint density at radius 1 is 1.29 bits per heavy atom. The van der Waals surface area contributed by atoms with E-state index in [1.165, 1.54) is 5.69 Å². The van der Waals surface area contributed by atoms with Crippen LogP contribution >= 0.6 is 0 Å². The van der Waals surface area contributed by atoms with E-state index >= 15 is 0 Å². The molecule has 1 N–H and O–H groups in total. The van der Waals surface area contributed by atoms with Crippen LogP contribution in [0.4, 0.5) is 0 Å². The molecule has 5 heteroatoms. The third kappa shape index (κ3) is 2.98. The summed E-state index contributed by atoms with van der Waals surface area (Å²) in [6, 6.07) is 0.623. The van der Waals surface area contributed by atoms with Crippen molar-refractivity contribution in [1.29, 1.82) is 0 Å². The van der Waals surface area contributed by atoms with Crippen molar-refractivity contribution in [3.63, 3.8) is 0 Å². The van der Waals surface area contributed by atoms with Crippen molar-refractivity contribution in [2.45, 2.75) is 58.0 Å². The highest BCUT2D eigenvalue weighted by atomic mass is 16.4. The molecule has 0 bridgehead atoms. The number of carbonyl (C=O) groups is 1. The van der Waals surface area contributed by atoms with Crippen LogP contribution in [0.5, 0.6) is 0 Å². The zero-order valence-electron chi connectivity index (χ0n) is 13.0. The Bertz CT molecular complexity index is 516. The molecule has 5 nitrogen and oxygen atoms in total. The Kier molecular flexibility index (Phi) is 4.02. The van der Waals surface area contributed by atoms with E-state index in [2.05, 4.69) is 29.5 Å². The van der Waals surface area contributed by atoms with E-state index in [4.69, 9.17) is 10.1 Å². The first kappa shape index (κ1) is 14.6. The number of nitrogens with zero attached hydrogens (tertiary/aromatic N) is 3. The van der Waals surface area contributed by atoms with Crippen LogP contribution in [0.1, 0.15) is 50.5 Å². The smallest absolute Gasteiger partial charge is 0.307 e. The lowest BCUT2D eigenvalue weighted by Crippen LogP contribution is -2.37. The fourth-order valence-corrected chi connectivity index (χ4v) is 3.57. The number of aliphatic carboxylic acids is 1. The number of rotatable bonds is 3. The highest BCUT2D eigenvalue weighted by Gasteiger charge is 2.29. The van der Waals surface area contributed by atoms with Crippen LogP contribution < -0.4 is 0 Å². The lowest BCUT2D eigenvalue weighted by atomic mass is 9.93. The molecule has 0 radical (unpaired) electrons. The van der Waals surface area contributed by atoms with Gasteiger partial charge in [-0.2, -0.15) is 0 Å². The minimum atomic E-state index is -0.684. The van der Waals surface area contributed by atoms with Gasteiger partial charge in [-0.15, -0.1) is 0 Å². The van der Waals surface area contributed by atoms with E-state index in [9.17, 15) is 4.79 Å². The fraction of sp³-hybridized carbons (Fsp3) is 0.750. The number of hydrogen-bond donors (Lipinski definition) is 1. The zero-order valence-corrected chi connectivity index (χ0v) is 13.0. The van der Waals surface area contributed by atoms with E-state index in [0.29, 0.717) is 18.4 Å². The molecule has 0 aromatic carbocycles. The van der Waals surface area contributed by atoms with Crippen molar-refractivity contribution in [2.24, 2.45) is 5.92 Å². The van der Waals surface area contributed by atoms with Crippen LogP contribution in [-0.4, -0.2) is 44.7 Å². The Balaban J connectivity index is 1.67. The van der Waals surface area contributed by atoms with E-state index in [-0.39, 0.29) is 5.92 Å². The summed E-state index contributed by atoms with van der Waals surface area (Å²) in [6.45, 7) is 7.58. The summed E-state index contributed by atoms with van der Waals surface area (Å²) in [7, 11) is 0. The molecule has 2 aliphatic heterocycles. The monoisotopic (exact) mass is 291 g/mol. The Labute approximate surface area is 126 Å². The van der Waals surface area contributed by atoms with Gasteiger partial charge in [0.25, 0.3) is 0 Å². The predicted molar refractivity (Wildman–Crippen MR) is 80.4 cm³/mol. The summed E-state index contributed by atoms with van der Waals surface area (Å²) in [5.74, 6) is 0.572. The molecule has 21 heavy (non-hydrogen) atoms. The molecule has 116 valence electrons. The van der Waals surface area contributed by atoms with Gasteiger partial charge in [0, 0.05) is 31.1 Å². The lowest BCUT2D eigenvalue weighted by molar-refractivity contribution is -0.142. The second kappa shape index (κ2) is 5.79. The van der Waals surface area contributed by atoms with E-state index in [0.717, 1.165) is 44.7 Å². The molecule has 1 atom stereocenters. The first-order valence-corrected chi connectivity index (χ1v) is 8.07. The van der Waals surface area contributed by atoms with Gasteiger partial charge >= 0.3 is 5.97 Å². The maximum atomic E-state index is 11.1. The third-order valence-corrected chi connectivity index (χ3v) is 5.05. The number of hydrogen-bond acceptors (Lipinski definition) is 3. The van der Waals surface area contributed by atoms with Crippen LogP contribution in [0.3, 0.4) is 0 Å². The van der Waals surface area contributed by atoms with Gasteiger partial charge < -0.3 is 14.6 Å². The van der Waals surface area contributed by atoms with Crippen LogP contribution in [0.2, 0.25) is 0 Å². The maximum Gasteiger partial charge on any atom is 0.307 e. The quantitative estimate of drug-likeness (QED) is 0.926. The summed E-state index contributed by atoms with van der Waals surface area (Å²) >= 11 is 0. The van der Waals surface area contributed by atoms with Gasteiger partial charge in [0.05, 0.1) is 11.6 Å². The Morgan fingerprint density at radius 2 is 2.00 bits per heavy atom. The molecule has 0 spiro atoms. The van der Waals surface area contributed by atoms with Crippen molar-refractivity contribution in [3.05, 3.63) is 17.7 Å². The SMILES string of the molecule is CC(C)N1CCC(c2cn3c(n2)CC(C(=O)O)CC3)CC1. The van der Waals surface area contributed by atoms with Crippen molar-refractivity contribution < 1.29 is 9.90 Å². The molecule has 1 aromatic rings. The van der Waals surface area contributed by atoms with Gasteiger partial charge in [-0.25, -0.2) is 4.98 Å². The van der Waals surface area contributed by atoms with E-state index in [1.54, 1.807) is 0 Å². The first-order chi connectivity index (χ1) is 10.0. The molecule has 0 aliphatic carbocycles. The normalized spacial score (nSPS) is 24.2. The molecule has 0 amide bonds. The fourth-order valence-electron chi connectivity index (χ4n) is 3.57. The number of aromatic nitrogens is 2. The molecular weight excluding hydrogens is 266 g/mol. The summed E-state index contributed by atoms with van der Waals surface area (Å²) in [4.78, 5) is 18.4. The molecule has 2 aliphatic rings. The van der Waals surface area contributed by atoms with Crippen LogP contribution in [0, 0.1) is 5.92 Å². The molecule has 1 aromatic heterocycles. The van der Waals surface area contributed by atoms with Crippen molar-refractivity contribution in [3.8, 4) is 0 Å². The van der Waals surface area contributed by atoms with Crippen molar-refractivity contribution in [1.82, 2.24) is 14.5 Å². The van der Waals surface area contributed by atoms with Crippen molar-refractivity contribution in [2.75, 3.05) is 13.1 Å². The number of fused-ring (bicyclic) bond motifs is 1. The Morgan fingerprint density at radius 3 is 2.62 bits per heavy atom. The van der Waals surface area contributed by atoms with Crippen LogP contribution in [0.25, 0.3) is 0 Å². The molecule has 0 saturated carbocycles. The van der Waals surface area contributed by atoms with Gasteiger partial charge in [0.1, 0.15) is 5.82 Å². The average molecular weight is 291 g/mol. The molecule has 1 saturated heterocycles. The summed E-state index contributed by atoms with van der Waals surface area (Å²) < 4.78 is 2.17. The zero-order chi connectivity index (χ0) is 15.0. The minimum absolute atomic E-state index is 0.254. The number of likely N-dealkylation sites (tertiary alicyclic amines) is 1. The minimum Gasteiger partial charge on any atom is -0.481 e. The number of piperidine rings is 1. The van der Waals surface area contributed by atoms with Crippen LogP contribution in [0.15, 0.2) is 6.20 Å². The van der Waals surface area contributed by atoms with E-state index < -0.39 is 5.97 Å². The van der Waals surface area contributed by atoms with Crippen molar-refractivity contribution >= 4 is 5.97 Å². The maximum absolute atomic E-state index is 11.1. The van der Waals surface area contributed by atoms with E-state index in [1.807, 2.05) is 0 Å². The highest BCUT2D eigenvalue weighted by Crippen LogP contribution is 2.30. The standard InChI is InChI=1S/C16H25N3O2/c1-11(2)18-6-3-12(4-7-18)14-10-19-8-5-13(16(20)21)9-15(19)17-14/h10-13H,3-9H2,1-2H3,(H,20,21). The number of imidazole rings is 1. The van der Waals surface area contributed by atoms with Gasteiger partial charge in [-0.3, -0.25) is 4.79 Å². The second-order valence-electron chi connectivity index (χ2n) is 6.71. The predicted octanol–water partition coefficient (Wildman–Crippen LogP) is 2.12. The van der Waals surface area contributed by atoms with Gasteiger partial charge in [0.2, 0.25) is 0 Å². The molecule has 1 unspecified atom stereocenters. The average Bonchev–Trinajstić information content (AvgIpc) is 2.90. The second-order valence-corrected chi connectivity index (χ2v) is 6.71. The number of carboxylic acid groups (broad SMARTS) is 1. The topological polar surface area (TPSA) is 58.4 Å². The Hall–Kier alpha value is -1.36. The number of carboxylic acids is 1. The molecule has 3 heterocycles. The summed E-state index contributed by atoms with van der Waals surface area (Å²) in [5.41, 5.74) is 1.18. The van der Waals surface area contributed by atoms with Gasteiger partial charge in [-0.1, -0.05) is 0 Å². The highest BCUT2D eigenvalue weighted by molar-refractivity contribution is 5.70.